The topological polar surface area (TPSA) is 21.3 Å². The van der Waals surface area contributed by atoms with Gasteiger partial charge in [-0.25, -0.2) is 0 Å². The van der Waals surface area contributed by atoms with Crippen LogP contribution in [0.25, 0.3) is 0 Å². The number of methoxy groups -OCH3 is 1. The molecule has 0 aromatic heterocycles. The smallest absolute Gasteiger partial charge is 0.0465 e. The summed E-state index contributed by atoms with van der Waals surface area (Å²) in [7, 11) is 1.78. The molecule has 98 valence electrons. The predicted octanol–water partition coefficient (Wildman–Crippen LogP) is 3.17. The normalized spacial score (nSPS) is 17.1. The van der Waals surface area contributed by atoms with E-state index in [0.29, 0.717) is 12.0 Å². The fourth-order valence-corrected chi connectivity index (χ4v) is 2.80. The molecule has 0 saturated carbocycles. The summed E-state index contributed by atoms with van der Waals surface area (Å²) in [5.41, 5.74) is 0. The molecule has 3 heteroatoms. The summed E-state index contributed by atoms with van der Waals surface area (Å²) in [4.78, 5) is 0. The Morgan fingerprint density at radius 3 is 2.44 bits per heavy atom. The second-order valence-corrected chi connectivity index (χ2v) is 5.95. The molecule has 0 heterocycles. The van der Waals surface area contributed by atoms with Gasteiger partial charge in [0.25, 0.3) is 0 Å². The van der Waals surface area contributed by atoms with Crippen LogP contribution in [0.1, 0.15) is 40.5 Å². The molecule has 0 aromatic carbocycles. The van der Waals surface area contributed by atoms with E-state index in [2.05, 4.69) is 44.8 Å². The molecular formula is C13H29NOS. The Bertz CT molecular complexity index is 155. The maximum atomic E-state index is 5.15. The average molecular weight is 247 g/mol. The van der Waals surface area contributed by atoms with Gasteiger partial charge in [0, 0.05) is 30.8 Å². The van der Waals surface area contributed by atoms with Crippen molar-refractivity contribution in [3.63, 3.8) is 0 Å². The van der Waals surface area contributed by atoms with Crippen LogP contribution in [-0.2, 0) is 4.74 Å². The number of ether oxygens (including phenoxy) is 1. The van der Waals surface area contributed by atoms with E-state index in [0.717, 1.165) is 24.8 Å². The summed E-state index contributed by atoms with van der Waals surface area (Å²) in [6, 6.07) is 0.624. The minimum absolute atomic E-state index is 0.624. The maximum absolute atomic E-state index is 5.15. The highest BCUT2D eigenvalue weighted by Crippen LogP contribution is 2.19. The lowest BCUT2D eigenvalue weighted by atomic mass is 10.0. The third kappa shape index (κ3) is 7.53. The Morgan fingerprint density at radius 1 is 1.25 bits per heavy atom. The summed E-state index contributed by atoms with van der Waals surface area (Å²) < 4.78 is 5.15. The van der Waals surface area contributed by atoms with Gasteiger partial charge in [-0.3, -0.25) is 0 Å². The molecule has 0 radical (unpaired) electrons. The van der Waals surface area contributed by atoms with Crippen molar-refractivity contribution >= 4 is 11.8 Å². The van der Waals surface area contributed by atoms with Crippen molar-refractivity contribution in [2.24, 2.45) is 5.92 Å². The van der Waals surface area contributed by atoms with Gasteiger partial charge in [0.05, 0.1) is 0 Å². The maximum Gasteiger partial charge on any atom is 0.0465 e. The van der Waals surface area contributed by atoms with Gasteiger partial charge in [-0.05, 0) is 25.3 Å². The first-order chi connectivity index (χ1) is 7.65. The van der Waals surface area contributed by atoms with Gasteiger partial charge >= 0.3 is 0 Å². The highest BCUT2D eigenvalue weighted by atomic mass is 32.2. The fourth-order valence-electron chi connectivity index (χ4n) is 1.58. The minimum atomic E-state index is 0.624. The van der Waals surface area contributed by atoms with Crippen molar-refractivity contribution in [3.8, 4) is 0 Å². The number of nitrogens with one attached hydrogen (secondary N) is 1. The molecule has 0 fully saturated rings. The molecular weight excluding hydrogens is 218 g/mol. The molecule has 16 heavy (non-hydrogen) atoms. The van der Waals surface area contributed by atoms with Crippen LogP contribution in [0.3, 0.4) is 0 Å². The van der Waals surface area contributed by atoms with Crippen molar-refractivity contribution in [1.29, 1.82) is 0 Å². The van der Waals surface area contributed by atoms with Gasteiger partial charge in [0.2, 0.25) is 0 Å². The third-order valence-corrected chi connectivity index (χ3v) is 4.52. The van der Waals surface area contributed by atoms with Crippen LogP contribution in [0.5, 0.6) is 0 Å². The molecule has 0 aliphatic heterocycles. The van der Waals surface area contributed by atoms with Gasteiger partial charge < -0.3 is 10.1 Å². The highest BCUT2D eigenvalue weighted by molar-refractivity contribution is 7.99. The average Bonchev–Trinajstić information content (AvgIpc) is 2.30. The molecule has 0 aliphatic rings. The number of rotatable bonds is 10. The summed E-state index contributed by atoms with van der Waals surface area (Å²) in [5.74, 6) is 1.91. The number of hydrogen-bond donors (Lipinski definition) is 1. The molecule has 0 spiro atoms. The van der Waals surface area contributed by atoms with E-state index >= 15 is 0 Å². The van der Waals surface area contributed by atoms with Crippen LogP contribution >= 0.6 is 11.8 Å². The molecule has 3 atom stereocenters. The van der Waals surface area contributed by atoms with Crippen LogP contribution in [0.15, 0.2) is 0 Å². The quantitative estimate of drug-likeness (QED) is 0.641. The number of hydrogen-bond acceptors (Lipinski definition) is 3. The van der Waals surface area contributed by atoms with Crippen molar-refractivity contribution < 1.29 is 4.74 Å². The summed E-state index contributed by atoms with van der Waals surface area (Å²) in [6.07, 6.45) is 2.41. The summed E-state index contributed by atoms with van der Waals surface area (Å²) in [6.45, 7) is 11.0. The van der Waals surface area contributed by atoms with E-state index in [-0.39, 0.29) is 0 Å². The number of thioether (sulfide) groups is 1. The lowest BCUT2D eigenvalue weighted by molar-refractivity contribution is 0.172. The zero-order valence-corrected chi connectivity index (χ0v) is 12.4. The fraction of sp³-hybridized carbons (Fsp3) is 1.00. The first-order valence-electron chi connectivity index (χ1n) is 6.49. The Hall–Kier alpha value is 0.270. The lowest BCUT2D eigenvalue weighted by Gasteiger charge is -2.25. The molecule has 2 nitrogen and oxygen atoms in total. The van der Waals surface area contributed by atoms with Crippen molar-refractivity contribution in [2.75, 3.05) is 26.0 Å². The van der Waals surface area contributed by atoms with E-state index in [1.165, 1.54) is 12.2 Å². The Morgan fingerprint density at radius 2 is 1.94 bits per heavy atom. The van der Waals surface area contributed by atoms with Crippen LogP contribution in [0, 0.1) is 5.92 Å². The monoisotopic (exact) mass is 247 g/mol. The molecule has 0 saturated heterocycles. The second-order valence-electron chi connectivity index (χ2n) is 4.48. The highest BCUT2D eigenvalue weighted by Gasteiger charge is 2.16. The van der Waals surface area contributed by atoms with Gasteiger partial charge in [0.1, 0.15) is 0 Å². The lowest BCUT2D eigenvalue weighted by Crippen LogP contribution is -2.38. The van der Waals surface area contributed by atoms with Crippen LogP contribution < -0.4 is 5.32 Å². The molecule has 0 bridgehead atoms. The van der Waals surface area contributed by atoms with Crippen molar-refractivity contribution in [3.05, 3.63) is 0 Å². The molecule has 0 rings (SSSR count). The summed E-state index contributed by atoms with van der Waals surface area (Å²) in [5, 5.41) is 4.37. The van der Waals surface area contributed by atoms with Crippen molar-refractivity contribution in [2.45, 2.75) is 51.8 Å². The summed E-state index contributed by atoms with van der Waals surface area (Å²) >= 11 is 2.08. The zero-order chi connectivity index (χ0) is 12.4. The van der Waals surface area contributed by atoms with Gasteiger partial charge in [-0.1, -0.05) is 27.7 Å². The zero-order valence-electron chi connectivity index (χ0n) is 11.6. The van der Waals surface area contributed by atoms with Gasteiger partial charge in [-0.15, -0.1) is 0 Å². The molecule has 1 N–H and O–H groups in total. The predicted molar refractivity (Wildman–Crippen MR) is 75.3 cm³/mol. The van der Waals surface area contributed by atoms with E-state index in [4.69, 9.17) is 4.74 Å². The van der Waals surface area contributed by atoms with Gasteiger partial charge in [-0.2, -0.15) is 11.8 Å². The molecule has 0 amide bonds. The van der Waals surface area contributed by atoms with E-state index in [1.54, 1.807) is 7.11 Å². The van der Waals surface area contributed by atoms with Gasteiger partial charge in [0.15, 0.2) is 0 Å². The van der Waals surface area contributed by atoms with E-state index in [9.17, 15) is 0 Å². The largest absolute Gasteiger partial charge is 0.385 e. The second kappa shape index (κ2) is 10.4. The SMILES string of the molecule is CCNC(CSC(C)CC)C(C)CCOC. The third-order valence-electron chi connectivity index (χ3n) is 3.07. The molecule has 3 unspecified atom stereocenters. The molecule has 0 aliphatic carbocycles. The van der Waals surface area contributed by atoms with Crippen LogP contribution in [0.2, 0.25) is 0 Å². The van der Waals surface area contributed by atoms with Crippen LogP contribution in [0.4, 0.5) is 0 Å². The van der Waals surface area contributed by atoms with E-state index < -0.39 is 0 Å². The first kappa shape index (κ1) is 16.3. The Labute approximate surface area is 106 Å². The Balaban J connectivity index is 3.93. The Kier molecular flexibility index (Phi) is 10.6. The van der Waals surface area contributed by atoms with Crippen LogP contribution in [-0.4, -0.2) is 37.3 Å². The first-order valence-corrected chi connectivity index (χ1v) is 7.54. The standard InChI is InChI=1S/C13H29NOS/c1-6-12(4)16-10-13(14-7-2)11(3)8-9-15-5/h11-14H,6-10H2,1-5H3. The molecule has 0 aromatic rings. The minimum Gasteiger partial charge on any atom is -0.385 e. The van der Waals surface area contributed by atoms with E-state index in [1.807, 2.05) is 0 Å². The van der Waals surface area contributed by atoms with Crippen molar-refractivity contribution in [1.82, 2.24) is 5.32 Å².